The Kier molecular flexibility index (Phi) is 18.2. The summed E-state index contributed by atoms with van der Waals surface area (Å²) in [7, 11) is 5.31. The molecule has 1 unspecified atom stereocenters. The highest BCUT2D eigenvalue weighted by Crippen LogP contribution is 2.40. The Hall–Kier alpha value is -2.01. The van der Waals surface area contributed by atoms with Crippen LogP contribution in [0, 0.1) is 12.7 Å². The molecule has 2 aromatic carbocycles. The molecule has 0 saturated heterocycles. The van der Waals surface area contributed by atoms with E-state index in [9.17, 15) is 4.39 Å². The average molecular weight is 474 g/mol. The summed E-state index contributed by atoms with van der Waals surface area (Å²) in [6, 6.07) is 13.0. The van der Waals surface area contributed by atoms with Crippen LogP contribution in [0.4, 0.5) is 4.39 Å². The van der Waals surface area contributed by atoms with Crippen molar-refractivity contribution < 1.29 is 13.9 Å². The molecule has 4 heteroatoms. The fourth-order valence-corrected chi connectivity index (χ4v) is 3.50. The van der Waals surface area contributed by atoms with Crippen LogP contribution in [0.5, 0.6) is 0 Å². The van der Waals surface area contributed by atoms with Crippen LogP contribution in [0.3, 0.4) is 0 Å². The van der Waals surface area contributed by atoms with E-state index in [0.717, 1.165) is 42.5 Å². The monoisotopic (exact) mass is 473 g/mol. The molecule has 0 aliphatic rings. The van der Waals surface area contributed by atoms with Gasteiger partial charge < -0.3 is 14.8 Å². The maximum Gasteiger partial charge on any atom is 0.131 e. The molecule has 192 valence electrons. The second-order valence-corrected chi connectivity index (χ2v) is 8.38. The fraction of sp³-hybridized carbons (Fsp3) is 0.533. The number of aryl methyl sites for hydroxylation is 1. The van der Waals surface area contributed by atoms with Gasteiger partial charge in [0, 0.05) is 26.4 Å². The van der Waals surface area contributed by atoms with Gasteiger partial charge >= 0.3 is 0 Å². The molecule has 0 radical (unpaired) electrons. The lowest BCUT2D eigenvalue weighted by molar-refractivity contribution is 0.0185. The molecule has 0 saturated carbocycles. The van der Waals surface area contributed by atoms with Gasteiger partial charge in [-0.1, -0.05) is 88.2 Å². The smallest absolute Gasteiger partial charge is 0.131 e. The predicted octanol–water partition coefficient (Wildman–Crippen LogP) is 8.07. The third kappa shape index (κ3) is 10.9. The van der Waals surface area contributed by atoms with Gasteiger partial charge in [-0.25, -0.2) is 4.39 Å². The molecule has 0 amide bonds. The molecule has 0 bridgehead atoms. The molecular weight excluding hydrogens is 425 g/mol. The zero-order valence-electron chi connectivity index (χ0n) is 22.7. The minimum atomic E-state index is -0.727. The van der Waals surface area contributed by atoms with Gasteiger partial charge in [-0.2, -0.15) is 0 Å². The average Bonchev–Trinajstić information content (AvgIpc) is 2.85. The first-order chi connectivity index (χ1) is 16.4. The summed E-state index contributed by atoms with van der Waals surface area (Å²) in [6.07, 6.45) is 8.20. The molecule has 0 aromatic heterocycles. The van der Waals surface area contributed by atoms with Gasteiger partial charge in [-0.15, -0.1) is 0 Å². The highest BCUT2D eigenvalue weighted by molar-refractivity contribution is 5.70. The third-order valence-corrected chi connectivity index (χ3v) is 5.62. The van der Waals surface area contributed by atoms with Crippen LogP contribution in [-0.4, -0.2) is 34.4 Å². The zero-order chi connectivity index (χ0) is 25.8. The van der Waals surface area contributed by atoms with Crippen LogP contribution in [-0.2, 0) is 15.1 Å². The largest absolute Gasteiger partial charge is 0.385 e. The number of benzene rings is 2. The Morgan fingerprint density at radius 3 is 2.15 bits per heavy atom. The van der Waals surface area contributed by atoms with Gasteiger partial charge in [0.15, 0.2) is 0 Å². The van der Waals surface area contributed by atoms with Crippen LogP contribution in [0.2, 0.25) is 0 Å². The number of halogens is 1. The number of hydrogen-bond donors (Lipinski definition) is 1. The van der Waals surface area contributed by atoms with E-state index in [2.05, 4.69) is 32.7 Å². The van der Waals surface area contributed by atoms with E-state index in [1.54, 1.807) is 26.4 Å². The summed E-state index contributed by atoms with van der Waals surface area (Å²) < 4.78 is 25.8. The van der Waals surface area contributed by atoms with Crippen molar-refractivity contribution in [1.29, 1.82) is 0 Å². The first-order valence-electron chi connectivity index (χ1n) is 12.6. The van der Waals surface area contributed by atoms with Crippen LogP contribution in [0.15, 0.2) is 55.1 Å². The predicted molar refractivity (Wildman–Crippen MR) is 146 cm³/mol. The number of methoxy groups -OCH3 is 2. The Morgan fingerprint density at radius 2 is 1.68 bits per heavy atom. The van der Waals surface area contributed by atoms with Crippen molar-refractivity contribution in [3.63, 3.8) is 0 Å². The van der Waals surface area contributed by atoms with E-state index in [1.807, 2.05) is 44.3 Å². The van der Waals surface area contributed by atoms with Gasteiger partial charge in [-0.05, 0) is 63.4 Å². The third-order valence-electron chi connectivity index (χ3n) is 5.62. The number of unbranched alkanes of at least 4 members (excludes halogenated alkanes) is 2. The van der Waals surface area contributed by atoms with Crippen molar-refractivity contribution in [2.75, 3.05) is 34.4 Å². The second-order valence-electron chi connectivity index (χ2n) is 8.38. The first kappa shape index (κ1) is 32.0. The number of hydrogen-bond acceptors (Lipinski definition) is 3. The van der Waals surface area contributed by atoms with Crippen LogP contribution < -0.4 is 5.32 Å². The van der Waals surface area contributed by atoms with Gasteiger partial charge in [0.05, 0.1) is 0 Å². The normalized spacial score (nSPS) is 12.0. The molecule has 0 heterocycles. The van der Waals surface area contributed by atoms with Gasteiger partial charge in [-0.3, -0.25) is 0 Å². The van der Waals surface area contributed by atoms with Crippen LogP contribution in [0.1, 0.15) is 70.4 Å². The quantitative estimate of drug-likeness (QED) is 0.250. The molecule has 0 aliphatic heterocycles. The summed E-state index contributed by atoms with van der Waals surface area (Å²) in [6.45, 7) is 14.3. The summed E-state index contributed by atoms with van der Waals surface area (Å²) in [5.74, 6) is -0.247. The van der Waals surface area contributed by atoms with E-state index in [-0.39, 0.29) is 5.82 Å². The zero-order valence-corrected chi connectivity index (χ0v) is 22.7. The van der Waals surface area contributed by atoms with Gasteiger partial charge in [0.1, 0.15) is 11.4 Å². The maximum atomic E-state index is 14.8. The van der Waals surface area contributed by atoms with Crippen molar-refractivity contribution in [2.24, 2.45) is 0 Å². The van der Waals surface area contributed by atoms with Gasteiger partial charge in [0.2, 0.25) is 0 Å². The lowest BCUT2D eigenvalue weighted by Gasteiger charge is -2.32. The minimum absolute atomic E-state index is 0.247. The summed E-state index contributed by atoms with van der Waals surface area (Å²) in [5, 5.41) is 3.02. The molecule has 2 aromatic rings. The highest BCUT2D eigenvalue weighted by atomic mass is 19.1. The molecule has 3 nitrogen and oxygen atoms in total. The van der Waals surface area contributed by atoms with Gasteiger partial charge in [0.25, 0.3) is 0 Å². The lowest BCUT2D eigenvalue weighted by Crippen LogP contribution is -2.27. The summed E-state index contributed by atoms with van der Waals surface area (Å²) in [4.78, 5) is 0. The van der Waals surface area contributed by atoms with Crippen molar-refractivity contribution in [3.8, 4) is 11.1 Å². The van der Waals surface area contributed by atoms with Crippen LogP contribution in [0.25, 0.3) is 11.1 Å². The molecule has 2 rings (SSSR count). The summed E-state index contributed by atoms with van der Waals surface area (Å²) >= 11 is 0. The molecule has 34 heavy (non-hydrogen) atoms. The van der Waals surface area contributed by atoms with Crippen LogP contribution >= 0.6 is 0 Å². The number of nitrogens with one attached hydrogen (secondary N) is 1. The Balaban J connectivity index is 0.00000103. The molecule has 0 spiro atoms. The SMILES string of the molecule is C=CC(CCCCOC)(OC)c1cccc(F)c1-c1cccc(C)c1.CCCC.CCCNC. The minimum Gasteiger partial charge on any atom is -0.385 e. The number of rotatable bonds is 12. The standard InChI is InChI=1S/C22H27FO2.C4H11N.C4H10/c1-5-22(25-4,14-6-7-15-24-3)19-12-9-13-20(23)21(19)18-11-8-10-17(2)16-18;1-3-4-5-2;1-3-4-2/h5,8-13,16H,1,6-7,14-15H2,2-4H3;5H,3-4H2,1-2H3;3-4H2,1-2H3. The van der Waals surface area contributed by atoms with Crippen molar-refractivity contribution >= 4 is 0 Å². The molecule has 0 aliphatic carbocycles. The summed E-state index contributed by atoms with van der Waals surface area (Å²) in [5.41, 5.74) is 2.61. The van der Waals surface area contributed by atoms with E-state index in [4.69, 9.17) is 9.47 Å². The Bertz CT molecular complexity index is 789. The van der Waals surface area contributed by atoms with Crippen molar-refractivity contribution in [2.45, 2.75) is 71.8 Å². The Morgan fingerprint density at radius 1 is 1.00 bits per heavy atom. The van der Waals surface area contributed by atoms with E-state index < -0.39 is 5.60 Å². The van der Waals surface area contributed by atoms with E-state index in [0.29, 0.717) is 12.2 Å². The molecule has 0 fully saturated rings. The Labute approximate surface area is 208 Å². The molecular formula is C30H48FNO2. The molecule has 1 N–H and O–H groups in total. The lowest BCUT2D eigenvalue weighted by atomic mass is 9.83. The highest BCUT2D eigenvalue weighted by Gasteiger charge is 2.32. The maximum absolute atomic E-state index is 14.8. The van der Waals surface area contributed by atoms with E-state index >= 15 is 0 Å². The first-order valence-corrected chi connectivity index (χ1v) is 12.6. The second kappa shape index (κ2) is 19.3. The topological polar surface area (TPSA) is 30.5 Å². The molecule has 1 atom stereocenters. The van der Waals surface area contributed by atoms with Crippen molar-refractivity contribution in [3.05, 3.63) is 72.1 Å². The van der Waals surface area contributed by atoms with Crippen molar-refractivity contribution in [1.82, 2.24) is 5.32 Å². The van der Waals surface area contributed by atoms with E-state index in [1.165, 1.54) is 25.3 Å². The number of ether oxygens (including phenoxy) is 2. The fourth-order valence-electron chi connectivity index (χ4n) is 3.50.